The number of hydrogen-bond donors (Lipinski definition) is 2. The molecule has 0 radical (unpaired) electrons. The molecule has 104 valence electrons. The van der Waals surface area contributed by atoms with Crippen molar-refractivity contribution in [2.45, 2.75) is 12.8 Å². The average Bonchev–Trinajstić information content (AvgIpc) is 2.44. The van der Waals surface area contributed by atoms with Crippen LogP contribution in [-0.2, 0) is 6.42 Å². The van der Waals surface area contributed by atoms with Gasteiger partial charge in [0.15, 0.2) is 0 Å². The third-order valence-electron chi connectivity index (χ3n) is 3.03. The summed E-state index contributed by atoms with van der Waals surface area (Å²) in [6.07, 6.45) is 1.93. The summed E-state index contributed by atoms with van der Waals surface area (Å²) >= 11 is 3.27. The predicted octanol–water partition coefficient (Wildman–Crippen LogP) is 4.19. The lowest BCUT2D eigenvalue weighted by atomic mass is 10.1. The van der Waals surface area contributed by atoms with Crippen molar-refractivity contribution in [3.63, 3.8) is 0 Å². The van der Waals surface area contributed by atoms with E-state index >= 15 is 0 Å². The summed E-state index contributed by atoms with van der Waals surface area (Å²) in [7, 11) is 0. The van der Waals surface area contributed by atoms with Gasteiger partial charge in [-0.05, 0) is 46.5 Å². The number of aryl methyl sites for hydroxylation is 1. The topological polar surface area (TPSA) is 49.3 Å². The van der Waals surface area contributed by atoms with Gasteiger partial charge in [-0.15, -0.1) is 0 Å². The number of nitrogens with one attached hydrogen (secondary N) is 1. The summed E-state index contributed by atoms with van der Waals surface area (Å²) in [4.78, 5) is 11.2. The monoisotopic (exact) mass is 333 g/mol. The number of halogens is 1. The van der Waals surface area contributed by atoms with Crippen LogP contribution in [-0.4, -0.2) is 17.6 Å². The molecule has 4 heteroatoms. The maximum atomic E-state index is 11.2. The minimum atomic E-state index is -0.928. The van der Waals surface area contributed by atoms with E-state index in [0.29, 0.717) is 10.2 Å². The first-order chi connectivity index (χ1) is 9.68. The van der Waals surface area contributed by atoms with Gasteiger partial charge in [-0.25, -0.2) is 4.79 Å². The molecule has 3 nitrogen and oxygen atoms in total. The van der Waals surface area contributed by atoms with Gasteiger partial charge >= 0.3 is 5.97 Å². The van der Waals surface area contributed by atoms with Gasteiger partial charge in [-0.2, -0.15) is 0 Å². The molecule has 2 N–H and O–H groups in total. The van der Waals surface area contributed by atoms with E-state index in [9.17, 15) is 9.90 Å². The minimum Gasteiger partial charge on any atom is -0.478 e. The molecule has 0 saturated carbocycles. The molecule has 0 atom stereocenters. The van der Waals surface area contributed by atoms with Crippen LogP contribution >= 0.6 is 15.9 Å². The highest BCUT2D eigenvalue weighted by Crippen LogP contribution is 2.24. The Morgan fingerprint density at radius 2 is 1.85 bits per heavy atom. The van der Waals surface area contributed by atoms with E-state index in [1.807, 2.05) is 24.3 Å². The van der Waals surface area contributed by atoms with Crippen LogP contribution in [0.25, 0.3) is 0 Å². The maximum Gasteiger partial charge on any atom is 0.338 e. The molecule has 0 unspecified atom stereocenters. The van der Waals surface area contributed by atoms with Crippen molar-refractivity contribution < 1.29 is 9.90 Å². The molecule has 2 aromatic carbocycles. The molecule has 0 aliphatic rings. The highest BCUT2D eigenvalue weighted by Gasteiger charge is 2.13. The Kier molecular flexibility index (Phi) is 5.18. The van der Waals surface area contributed by atoms with Gasteiger partial charge in [0.25, 0.3) is 0 Å². The van der Waals surface area contributed by atoms with Gasteiger partial charge < -0.3 is 10.4 Å². The summed E-state index contributed by atoms with van der Waals surface area (Å²) in [6, 6.07) is 15.6. The van der Waals surface area contributed by atoms with Gasteiger partial charge in [-0.1, -0.05) is 36.4 Å². The quantitative estimate of drug-likeness (QED) is 0.779. The zero-order valence-corrected chi connectivity index (χ0v) is 12.6. The van der Waals surface area contributed by atoms with Crippen molar-refractivity contribution in [3.8, 4) is 0 Å². The highest BCUT2D eigenvalue weighted by atomic mass is 79.9. The second-order valence-electron chi connectivity index (χ2n) is 4.48. The largest absolute Gasteiger partial charge is 0.478 e. The second kappa shape index (κ2) is 7.10. The van der Waals surface area contributed by atoms with Crippen LogP contribution < -0.4 is 5.32 Å². The van der Waals surface area contributed by atoms with Crippen molar-refractivity contribution in [2.24, 2.45) is 0 Å². The SMILES string of the molecule is O=C(O)c1c(Br)cccc1NCCCc1ccccc1. The number of hydrogen-bond acceptors (Lipinski definition) is 2. The maximum absolute atomic E-state index is 11.2. The van der Waals surface area contributed by atoms with E-state index in [0.717, 1.165) is 19.4 Å². The van der Waals surface area contributed by atoms with Crippen LogP contribution in [0.15, 0.2) is 53.0 Å². The number of aromatic carboxylic acids is 1. The van der Waals surface area contributed by atoms with Crippen molar-refractivity contribution >= 4 is 27.6 Å². The summed E-state index contributed by atoms with van der Waals surface area (Å²) in [6.45, 7) is 0.742. The lowest BCUT2D eigenvalue weighted by Gasteiger charge is -2.10. The molecule has 2 rings (SSSR count). The number of benzene rings is 2. The molecular formula is C16H16BrNO2. The Bertz CT molecular complexity index is 584. The summed E-state index contributed by atoms with van der Waals surface area (Å²) < 4.78 is 0.595. The summed E-state index contributed by atoms with van der Waals surface area (Å²) in [5.41, 5.74) is 2.23. The fraction of sp³-hybridized carbons (Fsp3) is 0.188. The number of rotatable bonds is 6. The number of anilines is 1. The smallest absolute Gasteiger partial charge is 0.338 e. The Hall–Kier alpha value is -1.81. The first-order valence-electron chi connectivity index (χ1n) is 6.48. The van der Waals surface area contributed by atoms with Gasteiger partial charge in [0.05, 0.1) is 5.56 Å². The molecule has 0 saturated heterocycles. The fourth-order valence-electron chi connectivity index (χ4n) is 2.05. The fourth-order valence-corrected chi connectivity index (χ4v) is 2.58. The minimum absolute atomic E-state index is 0.284. The van der Waals surface area contributed by atoms with Crippen molar-refractivity contribution in [3.05, 3.63) is 64.1 Å². The molecule has 0 amide bonds. The molecule has 0 spiro atoms. The second-order valence-corrected chi connectivity index (χ2v) is 5.34. The number of carboxylic acid groups (broad SMARTS) is 1. The molecule has 20 heavy (non-hydrogen) atoms. The first kappa shape index (κ1) is 14.6. The van der Waals surface area contributed by atoms with Gasteiger partial charge in [0.1, 0.15) is 0 Å². The lowest BCUT2D eigenvalue weighted by molar-refractivity contribution is 0.0697. The van der Waals surface area contributed by atoms with Crippen molar-refractivity contribution in [2.75, 3.05) is 11.9 Å². The third-order valence-corrected chi connectivity index (χ3v) is 3.69. The van der Waals surface area contributed by atoms with E-state index in [1.54, 1.807) is 12.1 Å². The third kappa shape index (κ3) is 3.84. The van der Waals surface area contributed by atoms with Crippen LogP contribution in [0.3, 0.4) is 0 Å². The molecule has 0 aliphatic heterocycles. The molecular weight excluding hydrogens is 318 g/mol. The number of carboxylic acids is 1. The van der Waals surface area contributed by atoms with Crippen molar-refractivity contribution in [1.29, 1.82) is 0 Å². The zero-order valence-electron chi connectivity index (χ0n) is 11.0. The Morgan fingerprint density at radius 3 is 2.55 bits per heavy atom. The lowest BCUT2D eigenvalue weighted by Crippen LogP contribution is -2.09. The van der Waals surface area contributed by atoms with Crippen LogP contribution in [0.4, 0.5) is 5.69 Å². The molecule has 0 aromatic heterocycles. The van der Waals surface area contributed by atoms with Gasteiger partial charge in [0.2, 0.25) is 0 Å². The van der Waals surface area contributed by atoms with Crippen LogP contribution in [0.2, 0.25) is 0 Å². The van der Waals surface area contributed by atoms with Gasteiger partial charge in [0, 0.05) is 16.7 Å². The molecule has 0 aliphatic carbocycles. The molecule has 2 aromatic rings. The Morgan fingerprint density at radius 1 is 1.10 bits per heavy atom. The van der Waals surface area contributed by atoms with E-state index in [4.69, 9.17) is 0 Å². The molecule has 0 heterocycles. The van der Waals surface area contributed by atoms with E-state index in [-0.39, 0.29) is 5.56 Å². The van der Waals surface area contributed by atoms with Crippen LogP contribution in [0, 0.1) is 0 Å². The summed E-state index contributed by atoms with van der Waals surface area (Å²) in [5, 5.41) is 12.4. The van der Waals surface area contributed by atoms with E-state index in [2.05, 4.69) is 33.4 Å². The predicted molar refractivity (Wildman–Crippen MR) is 84.4 cm³/mol. The zero-order chi connectivity index (χ0) is 14.4. The van der Waals surface area contributed by atoms with E-state index < -0.39 is 5.97 Å². The van der Waals surface area contributed by atoms with Crippen molar-refractivity contribution in [1.82, 2.24) is 0 Å². The molecule has 0 bridgehead atoms. The highest BCUT2D eigenvalue weighted by molar-refractivity contribution is 9.10. The molecule has 0 fully saturated rings. The first-order valence-corrected chi connectivity index (χ1v) is 7.27. The summed E-state index contributed by atoms with van der Waals surface area (Å²) in [5.74, 6) is -0.928. The average molecular weight is 334 g/mol. The normalized spacial score (nSPS) is 10.2. The van der Waals surface area contributed by atoms with Crippen LogP contribution in [0.5, 0.6) is 0 Å². The number of carbonyl (C=O) groups is 1. The van der Waals surface area contributed by atoms with Gasteiger partial charge in [-0.3, -0.25) is 0 Å². The Labute approximate surface area is 126 Å². The standard InChI is InChI=1S/C16H16BrNO2/c17-13-9-4-10-14(15(13)16(19)20)18-11-5-8-12-6-2-1-3-7-12/h1-4,6-7,9-10,18H,5,8,11H2,(H,19,20). The Balaban J connectivity index is 1.92. The van der Waals surface area contributed by atoms with E-state index in [1.165, 1.54) is 5.56 Å². The van der Waals surface area contributed by atoms with Crippen LogP contribution in [0.1, 0.15) is 22.3 Å².